The van der Waals surface area contributed by atoms with Crippen LogP contribution in [0.3, 0.4) is 0 Å². The van der Waals surface area contributed by atoms with E-state index in [4.69, 9.17) is 0 Å². The van der Waals surface area contributed by atoms with Gasteiger partial charge in [0, 0.05) is 48.6 Å². The maximum absolute atomic E-state index is 13.2. The van der Waals surface area contributed by atoms with Crippen molar-refractivity contribution in [2.45, 2.75) is 52.1 Å². The van der Waals surface area contributed by atoms with Gasteiger partial charge in [-0.05, 0) is 44.9 Å². The maximum atomic E-state index is 13.2. The summed E-state index contributed by atoms with van der Waals surface area (Å²) in [7, 11) is 2.07. The molecule has 3 heteroatoms. The molecule has 142 valence electrons. The molecule has 1 heterocycles. The Morgan fingerprint density at radius 1 is 0.926 bits per heavy atom. The highest BCUT2D eigenvalue weighted by Crippen LogP contribution is 2.35. The van der Waals surface area contributed by atoms with E-state index in [0.29, 0.717) is 6.42 Å². The fraction of sp³-hybridized carbons (Fsp3) is 0.375. The van der Waals surface area contributed by atoms with Gasteiger partial charge in [-0.3, -0.25) is 4.79 Å². The van der Waals surface area contributed by atoms with Crippen LogP contribution in [0.4, 0.5) is 0 Å². The van der Waals surface area contributed by atoms with E-state index in [2.05, 4.69) is 94.0 Å². The highest BCUT2D eigenvalue weighted by molar-refractivity contribution is 5.86. The third-order valence-electron chi connectivity index (χ3n) is 5.28. The first-order valence-electron chi connectivity index (χ1n) is 9.80. The standard InChI is InChI=1S/C24H30N2O/c1-17(2)26(18(3)4)24(27)15-21(19-11-7-6-8-12-19)22-16-25(5)23-14-10-9-13-20(22)23/h6-14,16-18,21H,15H2,1-5H3. The van der Waals surface area contributed by atoms with Gasteiger partial charge in [0.15, 0.2) is 0 Å². The number of hydrogen-bond acceptors (Lipinski definition) is 1. The Kier molecular flexibility index (Phi) is 5.69. The molecule has 3 aromatic rings. The van der Waals surface area contributed by atoms with Gasteiger partial charge < -0.3 is 9.47 Å². The van der Waals surface area contributed by atoms with Crippen molar-refractivity contribution in [2.24, 2.45) is 7.05 Å². The minimum absolute atomic E-state index is 0.0461. The molecule has 1 unspecified atom stereocenters. The van der Waals surface area contributed by atoms with Gasteiger partial charge in [0.2, 0.25) is 5.91 Å². The van der Waals surface area contributed by atoms with Crippen LogP contribution in [0.2, 0.25) is 0 Å². The number of hydrogen-bond donors (Lipinski definition) is 0. The predicted octanol–water partition coefficient (Wildman–Crippen LogP) is 5.35. The van der Waals surface area contributed by atoms with Gasteiger partial charge >= 0.3 is 0 Å². The van der Waals surface area contributed by atoms with Gasteiger partial charge in [-0.1, -0.05) is 48.5 Å². The molecule has 2 aromatic carbocycles. The van der Waals surface area contributed by atoms with Gasteiger partial charge in [-0.15, -0.1) is 0 Å². The number of nitrogens with zero attached hydrogens (tertiary/aromatic N) is 2. The van der Waals surface area contributed by atoms with Crippen molar-refractivity contribution < 1.29 is 4.79 Å². The molecule has 1 aromatic heterocycles. The summed E-state index contributed by atoms with van der Waals surface area (Å²) in [4.78, 5) is 15.2. The molecule has 0 aliphatic heterocycles. The lowest BCUT2D eigenvalue weighted by atomic mass is 9.87. The number of para-hydroxylation sites is 1. The van der Waals surface area contributed by atoms with Gasteiger partial charge in [0.25, 0.3) is 0 Å². The Bertz CT molecular complexity index is 901. The number of benzene rings is 2. The van der Waals surface area contributed by atoms with E-state index in [1.54, 1.807) is 0 Å². The zero-order valence-electron chi connectivity index (χ0n) is 17.0. The number of carbonyl (C=O) groups excluding carboxylic acids is 1. The molecule has 0 saturated heterocycles. The van der Waals surface area contributed by atoms with E-state index in [0.717, 1.165) is 0 Å². The number of fused-ring (bicyclic) bond motifs is 1. The van der Waals surface area contributed by atoms with E-state index in [-0.39, 0.29) is 23.9 Å². The van der Waals surface area contributed by atoms with Crippen LogP contribution >= 0.6 is 0 Å². The van der Waals surface area contributed by atoms with Crippen molar-refractivity contribution in [1.82, 2.24) is 9.47 Å². The van der Waals surface area contributed by atoms with E-state index in [1.165, 1.54) is 22.0 Å². The number of aryl methyl sites for hydroxylation is 1. The number of carbonyl (C=O) groups is 1. The van der Waals surface area contributed by atoms with Crippen molar-refractivity contribution in [3.63, 3.8) is 0 Å². The molecule has 3 nitrogen and oxygen atoms in total. The second-order valence-corrected chi connectivity index (χ2v) is 7.87. The SMILES string of the molecule is CC(C)N(C(=O)CC(c1ccccc1)c1cn(C)c2ccccc12)C(C)C. The Morgan fingerprint density at radius 3 is 2.15 bits per heavy atom. The first-order valence-corrected chi connectivity index (χ1v) is 9.80. The minimum atomic E-state index is 0.0461. The Morgan fingerprint density at radius 2 is 1.52 bits per heavy atom. The van der Waals surface area contributed by atoms with E-state index in [9.17, 15) is 4.79 Å². The quantitative estimate of drug-likeness (QED) is 0.580. The molecule has 1 amide bonds. The van der Waals surface area contributed by atoms with Crippen molar-refractivity contribution in [3.05, 3.63) is 71.9 Å². The lowest BCUT2D eigenvalue weighted by Crippen LogP contribution is -2.42. The van der Waals surface area contributed by atoms with Crippen LogP contribution in [0.15, 0.2) is 60.8 Å². The van der Waals surface area contributed by atoms with E-state index in [1.807, 2.05) is 11.0 Å². The van der Waals surface area contributed by atoms with Crippen LogP contribution in [0, 0.1) is 0 Å². The number of aromatic nitrogens is 1. The Hall–Kier alpha value is -2.55. The summed E-state index contributed by atoms with van der Waals surface area (Å²) >= 11 is 0. The molecule has 0 aliphatic carbocycles. The smallest absolute Gasteiger partial charge is 0.223 e. The Balaban J connectivity index is 2.06. The van der Waals surface area contributed by atoms with Crippen LogP contribution in [0.25, 0.3) is 10.9 Å². The average molecular weight is 363 g/mol. The largest absolute Gasteiger partial charge is 0.350 e. The molecule has 1 atom stereocenters. The molecule has 27 heavy (non-hydrogen) atoms. The topological polar surface area (TPSA) is 25.2 Å². The van der Waals surface area contributed by atoms with Gasteiger partial charge in [0.1, 0.15) is 0 Å². The molecule has 3 rings (SSSR count). The fourth-order valence-corrected chi connectivity index (χ4v) is 4.20. The molecule has 0 N–H and O–H groups in total. The molecule has 0 spiro atoms. The summed E-state index contributed by atoms with van der Waals surface area (Å²) in [6.45, 7) is 8.36. The van der Waals surface area contributed by atoms with Crippen LogP contribution in [0.5, 0.6) is 0 Å². The summed E-state index contributed by atoms with van der Waals surface area (Å²) in [5, 5.41) is 1.22. The summed E-state index contributed by atoms with van der Waals surface area (Å²) in [6, 6.07) is 19.2. The zero-order valence-corrected chi connectivity index (χ0v) is 17.0. The minimum Gasteiger partial charge on any atom is -0.350 e. The summed E-state index contributed by atoms with van der Waals surface area (Å²) in [5.74, 6) is 0.256. The molecular weight excluding hydrogens is 332 g/mol. The second-order valence-electron chi connectivity index (χ2n) is 7.87. The average Bonchev–Trinajstić information content (AvgIpc) is 2.97. The first-order chi connectivity index (χ1) is 12.9. The molecule has 0 aliphatic rings. The van der Waals surface area contributed by atoms with Crippen LogP contribution in [-0.2, 0) is 11.8 Å². The van der Waals surface area contributed by atoms with Gasteiger partial charge in [0.05, 0.1) is 0 Å². The van der Waals surface area contributed by atoms with Crippen LogP contribution in [0.1, 0.15) is 51.2 Å². The third-order valence-corrected chi connectivity index (χ3v) is 5.28. The van der Waals surface area contributed by atoms with Gasteiger partial charge in [-0.2, -0.15) is 0 Å². The van der Waals surface area contributed by atoms with E-state index < -0.39 is 0 Å². The summed E-state index contributed by atoms with van der Waals surface area (Å²) < 4.78 is 2.16. The van der Waals surface area contributed by atoms with E-state index >= 15 is 0 Å². The van der Waals surface area contributed by atoms with Crippen molar-refractivity contribution >= 4 is 16.8 Å². The van der Waals surface area contributed by atoms with Crippen molar-refractivity contribution in [2.75, 3.05) is 0 Å². The first kappa shape index (κ1) is 19.2. The summed E-state index contributed by atoms with van der Waals surface area (Å²) in [6.07, 6.45) is 2.67. The molecule has 0 saturated carbocycles. The predicted molar refractivity (Wildman–Crippen MR) is 113 cm³/mol. The number of rotatable bonds is 6. The Labute approximate surface area is 162 Å². The van der Waals surface area contributed by atoms with Crippen molar-refractivity contribution in [1.29, 1.82) is 0 Å². The molecule has 0 fully saturated rings. The lowest BCUT2D eigenvalue weighted by Gasteiger charge is -2.32. The van der Waals surface area contributed by atoms with Gasteiger partial charge in [-0.25, -0.2) is 0 Å². The fourth-order valence-electron chi connectivity index (χ4n) is 4.20. The second kappa shape index (κ2) is 7.99. The number of amides is 1. The molecular formula is C24H30N2O. The highest BCUT2D eigenvalue weighted by Gasteiger charge is 2.27. The normalized spacial score (nSPS) is 12.7. The van der Waals surface area contributed by atoms with Crippen LogP contribution in [-0.4, -0.2) is 27.5 Å². The lowest BCUT2D eigenvalue weighted by molar-refractivity contribution is -0.135. The maximum Gasteiger partial charge on any atom is 0.223 e. The molecule has 0 radical (unpaired) electrons. The summed E-state index contributed by atoms with van der Waals surface area (Å²) in [5.41, 5.74) is 3.61. The third kappa shape index (κ3) is 3.92. The molecule has 0 bridgehead atoms. The van der Waals surface area contributed by atoms with Crippen molar-refractivity contribution in [3.8, 4) is 0 Å². The monoisotopic (exact) mass is 362 g/mol. The highest BCUT2D eigenvalue weighted by atomic mass is 16.2. The van der Waals surface area contributed by atoms with Crippen LogP contribution < -0.4 is 0 Å². The zero-order chi connectivity index (χ0) is 19.6.